The number of benzene rings is 3. The van der Waals surface area contributed by atoms with Gasteiger partial charge in [-0.15, -0.1) is 0 Å². The van der Waals surface area contributed by atoms with Gasteiger partial charge in [0.15, 0.2) is 6.10 Å². The summed E-state index contributed by atoms with van der Waals surface area (Å²) in [7, 11) is 0. The second-order valence-electron chi connectivity index (χ2n) is 7.35. The maximum Gasteiger partial charge on any atom is 0.269 e. The molecule has 3 aromatic rings. The predicted octanol–water partition coefficient (Wildman–Crippen LogP) is 3.65. The fraction of sp³-hybridized carbons (Fsp3) is 0.130. The molecule has 0 saturated carbocycles. The van der Waals surface area contributed by atoms with Crippen LogP contribution in [0.15, 0.2) is 84.9 Å². The summed E-state index contributed by atoms with van der Waals surface area (Å²) in [6.45, 7) is 0. The van der Waals surface area contributed by atoms with Crippen molar-refractivity contribution in [3.63, 3.8) is 0 Å². The third-order valence-electron chi connectivity index (χ3n) is 5.59. The van der Waals surface area contributed by atoms with Crippen LogP contribution in [0.1, 0.15) is 11.6 Å². The summed E-state index contributed by atoms with van der Waals surface area (Å²) >= 11 is 0. The van der Waals surface area contributed by atoms with Crippen LogP contribution in [0.25, 0.3) is 0 Å². The second kappa shape index (κ2) is 7.33. The van der Waals surface area contributed by atoms with Crippen molar-refractivity contribution in [2.75, 3.05) is 9.96 Å². The molecule has 2 aliphatic heterocycles. The molecule has 0 N–H and O–H groups in total. The second-order valence-corrected chi connectivity index (χ2v) is 7.35. The van der Waals surface area contributed by atoms with E-state index in [9.17, 15) is 19.7 Å². The molecule has 0 aromatic heterocycles. The van der Waals surface area contributed by atoms with Crippen LogP contribution in [0.5, 0.6) is 0 Å². The van der Waals surface area contributed by atoms with E-state index in [1.54, 1.807) is 5.06 Å². The number of hydroxylamine groups is 1. The molecule has 2 aliphatic rings. The number of non-ortho nitro benzene ring substituents is 1. The van der Waals surface area contributed by atoms with Crippen molar-refractivity contribution in [3.05, 3.63) is 101 Å². The molecule has 3 aromatic carbocycles. The van der Waals surface area contributed by atoms with Gasteiger partial charge in [-0.1, -0.05) is 48.5 Å². The van der Waals surface area contributed by atoms with Crippen molar-refractivity contribution in [3.8, 4) is 0 Å². The van der Waals surface area contributed by atoms with E-state index in [0.717, 1.165) is 16.2 Å². The van der Waals surface area contributed by atoms with Crippen LogP contribution in [-0.2, 0) is 14.4 Å². The number of nitro benzene ring substituents is 1. The quantitative estimate of drug-likeness (QED) is 0.367. The molecule has 31 heavy (non-hydrogen) atoms. The van der Waals surface area contributed by atoms with E-state index in [4.69, 9.17) is 4.84 Å². The molecule has 0 aliphatic carbocycles. The number of carbonyl (C=O) groups is 2. The van der Waals surface area contributed by atoms with Crippen LogP contribution in [0.3, 0.4) is 0 Å². The number of fused-ring (bicyclic) bond motifs is 1. The highest BCUT2D eigenvalue weighted by molar-refractivity contribution is 6.23. The molecule has 154 valence electrons. The molecular weight excluding hydrogens is 398 g/mol. The van der Waals surface area contributed by atoms with Crippen LogP contribution in [0.2, 0.25) is 0 Å². The monoisotopic (exact) mass is 415 g/mol. The number of hydrogen-bond donors (Lipinski definition) is 0. The molecule has 0 unspecified atom stereocenters. The third-order valence-corrected chi connectivity index (χ3v) is 5.59. The van der Waals surface area contributed by atoms with Crippen LogP contribution < -0.4 is 9.96 Å². The standard InChI is InChI=1S/C23H17N3O5/c27-22-19-20(15-7-3-1-4-8-15)25(17-9-5-2-6-10-17)31-21(19)23(28)24(22)16-11-13-18(14-12-16)26(29)30/h1-14,19-21H/t19-,20-,21-/m1/s1. The third kappa shape index (κ3) is 3.04. The molecule has 0 spiro atoms. The molecule has 0 radical (unpaired) electrons. The Morgan fingerprint density at radius 3 is 2.00 bits per heavy atom. The van der Waals surface area contributed by atoms with Crippen molar-refractivity contribution in [1.82, 2.24) is 0 Å². The highest BCUT2D eigenvalue weighted by Gasteiger charge is 2.60. The highest BCUT2D eigenvalue weighted by atomic mass is 16.7. The Morgan fingerprint density at radius 2 is 1.39 bits per heavy atom. The number of anilines is 2. The molecule has 2 fully saturated rings. The Balaban J connectivity index is 1.54. The van der Waals surface area contributed by atoms with Crippen molar-refractivity contribution in [1.29, 1.82) is 0 Å². The van der Waals surface area contributed by atoms with Gasteiger partial charge in [-0.3, -0.25) is 24.5 Å². The average molecular weight is 415 g/mol. The molecule has 0 bridgehead atoms. The Hall–Kier alpha value is -4.04. The first-order chi connectivity index (χ1) is 15.1. The number of nitrogens with zero attached hydrogens (tertiary/aromatic N) is 3. The van der Waals surface area contributed by atoms with E-state index in [1.807, 2.05) is 60.7 Å². The van der Waals surface area contributed by atoms with E-state index in [0.29, 0.717) is 0 Å². The van der Waals surface area contributed by atoms with E-state index in [1.165, 1.54) is 24.3 Å². The van der Waals surface area contributed by atoms with Crippen molar-refractivity contribution in [2.45, 2.75) is 12.1 Å². The topological polar surface area (TPSA) is 93.0 Å². The summed E-state index contributed by atoms with van der Waals surface area (Å²) < 4.78 is 0. The molecule has 3 atom stereocenters. The van der Waals surface area contributed by atoms with Gasteiger partial charge in [-0.2, -0.15) is 0 Å². The summed E-state index contributed by atoms with van der Waals surface area (Å²) in [4.78, 5) is 44.1. The lowest BCUT2D eigenvalue weighted by atomic mass is 9.90. The lowest BCUT2D eigenvalue weighted by Crippen LogP contribution is -2.37. The summed E-state index contributed by atoms with van der Waals surface area (Å²) in [6, 6.07) is 23.6. The lowest BCUT2D eigenvalue weighted by molar-refractivity contribution is -0.384. The summed E-state index contributed by atoms with van der Waals surface area (Å²) in [5, 5.41) is 12.6. The first kappa shape index (κ1) is 19.0. The number of carbonyl (C=O) groups excluding carboxylic acids is 2. The molecule has 2 saturated heterocycles. The summed E-state index contributed by atoms with van der Waals surface area (Å²) in [6.07, 6.45) is -0.979. The van der Waals surface area contributed by atoms with Gasteiger partial charge >= 0.3 is 0 Å². The summed E-state index contributed by atoms with van der Waals surface area (Å²) in [5.74, 6) is -1.62. The van der Waals surface area contributed by atoms with Crippen molar-refractivity contribution >= 4 is 28.9 Å². The van der Waals surface area contributed by atoms with Gasteiger partial charge in [-0.05, 0) is 29.8 Å². The van der Waals surface area contributed by atoms with Crippen molar-refractivity contribution < 1.29 is 19.3 Å². The van der Waals surface area contributed by atoms with Gasteiger partial charge in [0.1, 0.15) is 5.92 Å². The summed E-state index contributed by atoms with van der Waals surface area (Å²) in [5.41, 5.74) is 1.77. The Kier molecular flexibility index (Phi) is 4.48. The molecular formula is C23H17N3O5. The Labute approximate surface area is 177 Å². The first-order valence-corrected chi connectivity index (χ1v) is 9.74. The van der Waals surface area contributed by atoms with Crippen LogP contribution in [-0.4, -0.2) is 22.8 Å². The molecule has 8 heteroatoms. The smallest absolute Gasteiger partial charge is 0.269 e. The number of hydrogen-bond acceptors (Lipinski definition) is 6. The van der Waals surface area contributed by atoms with E-state index >= 15 is 0 Å². The molecule has 2 heterocycles. The van der Waals surface area contributed by atoms with E-state index in [2.05, 4.69) is 0 Å². The molecule has 8 nitrogen and oxygen atoms in total. The predicted molar refractivity (Wildman–Crippen MR) is 112 cm³/mol. The van der Waals surface area contributed by atoms with Gasteiger partial charge < -0.3 is 0 Å². The number of amides is 2. The van der Waals surface area contributed by atoms with Crippen LogP contribution in [0.4, 0.5) is 17.1 Å². The number of imide groups is 1. The fourth-order valence-electron chi connectivity index (χ4n) is 4.18. The number of para-hydroxylation sites is 1. The zero-order valence-corrected chi connectivity index (χ0v) is 16.2. The fourth-order valence-corrected chi connectivity index (χ4v) is 4.18. The minimum Gasteiger partial charge on any atom is -0.273 e. The van der Waals surface area contributed by atoms with Gasteiger partial charge in [0.2, 0.25) is 5.91 Å². The SMILES string of the molecule is O=C1[C@@H]2[C@@H](c3ccccc3)N(c3ccccc3)O[C@H]2C(=O)N1c1ccc([N+](=O)[O-])cc1. The zero-order valence-electron chi connectivity index (χ0n) is 16.2. The van der Waals surface area contributed by atoms with Crippen LogP contribution in [0, 0.1) is 16.0 Å². The Bertz CT molecular complexity index is 1150. The van der Waals surface area contributed by atoms with Crippen LogP contribution >= 0.6 is 0 Å². The lowest BCUT2D eigenvalue weighted by Gasteiger charge is -2.28. The van der Waals surface area contributed by atoms with Crippen molar-refractivity contribution in [2.24, 2.45) is 5.92 Å². The maximum absolute atomic E-state index is 13.4. The first-order valence-electron chi connectivity index (χ1n) is 9.74. The average Bonchev–Trinajstić information content (AvgIpc) is 3.31. The maximum atomic E-state index is 13.4. The van der Waals surface area contributed by atoms with Gasteiger partial charge in [-0.25, -0.2) is 9.96 Å². The van der Waals surface area contributed by atoms with E-state index < -0.39 is 34.8 Å². The number of rotatable bonds is 4. The minimum absolute atomic E-state index is 0.114. The van der Waals surface area contributed by atoms with Gasteiger partial charge in [0.05, 0.1) is 22.3 Å². The van der Waals surface area contributed by atoms with Gasteiger partial charge in [0.25, 0.3) is 11.6 Å². The highest BCUT2D eigenvalue weighted by Crippen LogP contribution is 2.47. The Morgan fingerprint density at radius 1 is 0.774 bits per heavy atom. The zero-order chi connectivity index (χ0) is 21.5. The number of nitro groups is 1. The molecule has 2 amide bonds. The van der Waals surface area contributed by atoms with E-state index in [-0.39, 0.29) is 11.4 Å². The molecule has 5 rings (SSSR count). The van der Waals surface area contributed by atoms with Gasteiger partial charge in [0, 0.05) is 12.1 Å². The normalized spacial score (nSPS) is 22.6. The minimum atomic E-state index is -0.979. The largest absolute Gasteiger partial charge is 0.273 e.